The number of Topliss-reactive ketones (excluding diaryl/α,β-unsaturated/α-hetero) is 3. The fourth-order valence-electron chi connectivity index (χ4n) is 10.4. The minimum absolute atomic E-state index is 0.0358. The molecule has 2 saturated heterocycles. The molecule has 3 heterocycles. The van der Waals surface area contributed by atoms with Gasteiger partial charge in [0.2, 0.25) is 5.79 Å². The maximum Gasteiger partial charge on any atom is 0.407 e. The summed E-state index contributed by atoms with van der Waals surface area (Å²) in [4.78, 5) is 87.8. The smallest absolute Gasteiger partial charge is 0.407 e. The van der Waals surface area contributed by atoms with Crippen LogP contribution in [-0.4, -0.2) is 133 Å². The highest BCUT2D eigenvalue weighted by molar-refractivity contribution is 6.39. The van der Waals surface area contributed by atoms with Crippen LogP contribution < -0.4 is 5.32 Å². The van der Waals surface area contributed by atoms with Crippen molar-refractivity contribution in [3.63, 3.8) is 0 Å². The molecule has 390 valence electrons. The first-order chi connectivity index (χ1) is 33.2. The molecule has 2 amide bonds. The van der Waals surface area contributed by atoms with Gasteiger partial charge in [0.05, 0.1) is 31.4 Å². The lowest BCUT2D eigenvalue weighted by molar-refractivity contribution is -0.264. The van der Waals surface area contributed by atoms with Gasteiger partial charge in [-0.25, -0.2) is 9.59 Å². The van der Waals surface area contributed by atoms with Crippen LogP contribution in [0.4, 0.5) is 4.79 Å². The summed E-state index contributed by atoms with van der Waals surface area (Å²) >= 11 is 0. The fourth-order valence-corrected chi connectivity index (χ4v) is 10.4. The Balaban J connectivity index is 1.73. The highest BCUT2D eigenvalue weighted by Crippen LogP contribution is 2.38. The maximum absolute atomic E-state index is 14.5. The van der Waals surface area contributed by atoms with Crippen molar-refractivity contribution in [1.82, 2.24) is 10.2 Å². The van der Waals surface area contributed by atoms with Crippen LogP contribution in [0.15, 0.2) is 52.7 Å². The van der Waals surface area contributed by atoms with E-state index in [1.165, 1.54) is 14.2 Å². The van der Waals surface area contributed by atoms with Crippen molar-refractivity contribution >= 4 is 35.3 Å². The number of alkyl carbamates (subject to hydrolysis) is 1. The first-order valence-corrected chi connectivity index (χ1v) is 25.0. The SMILES string of the molecule is COC(=O)NC1C[C@@H]2CC[C@@H](C)[C@@](O)(O2)C(=O)C(=O)N2CCCC[C@H]2C(=O)O[C@H]([C@H](C)C[C@@H]2CC[C@H](N=[N+]=[N-])[C@H](OC)C2)CC(=O)[C@H](C)/C=C(\C)[C@@H](O)[C@@H](OC)C(=O)[C@H](C)C[C@H](C)/C=C/C=C/C=C/1C. The fraction of sp³-hybridized carbons (Fsp3) is 0.731. The number of aliphatic hydroxyl groups excluding tert-OH is 1. The Bertz CT molecular complexity index is 2020. The third-order valence-corrected chi connectivity index (χ3v) is 14.9. The van der Waals surface area contributed by atoms with Crippen LogP contribution in [0.5, 0.6) is 0 Å². The lowest BCUT2D eigenvalue weighted by Crippen LogP contribution is -2.61. The number of rotatable bonds is 7. The molecule has 18 nitrogen and oxygen atoms in total. The summed E-state index contributed by atoms with van der Waals surface area (Å²) in [5.74, 6) is -8.64. The van der Waals surface area contributed by atoms with Crippen molar-refractivity contribution in [3.05, 3.63) is 58.0 Å². The predicted octanol–water partition coefficient (Wildman–Crippen LogP) is 7.21. The van der Waals surface area contributed by atoms with E-state index in [0.29, 0.717) is 68.9 Å². The van der Waals surface area contributed by atoms with Crippen LogP contribution in [0.25, 0.3) is 10.4 Å². The predicted molar refractivity (Wildman–Crippen MR) is 261 cm³/mol. The quantitative estimate of drug-likeness (QED) is 0.0570. The van der Waals surface area contributed by atoms with E-state index in [9.17, 15) is 39.0 Å². The number of cyclic esters (lactones) is 1. The average Bonchev–Trinajstić information content (AvgIpc) is 3.33. The summed E-state index contributed by atoms with van der Waals surface area (Å²) in [6, 6.07) is -2.18. The number of ether oxygens (including phenoxy) is 5. The third-order valence-electron chi connectivity index (χ3n) is 14.9. The number of hydrogen-bond donors (Lipinski definition) is 3. The molecule has 0 aromatic carbocycles. The van der Waals surface area contributed by atoms with Crippen LogP contribution in [0, 0.1) is 35.5 Å². The van der Waals surface area contributed by atoms with Gasteiger partial charge in [0.15, 0.2) is 5.78 Å². The minimum Gasteiger partial charge on any atom is -0.460 e. The first-order valence-electron chi connectivity index (χ1n) is 25.0. The zero-order valence-electron chi connectivity index (χ0n) is 42.9. The van der Waals surface area contributed by atoms with Gasteiger partial charge < -0.3 is 44.1 Å². The van der Waals surface area contributed by atoms with Crippen LogP contribution in [0.3, 0.4) is 0 Å². The minimum atomic E-state index is -2.54. The second-order valence-corrected chi connectivity index (χ2v) is 20.3. The van der Waals surface area contributed by atoms with Gasteiger partial charge in [0.1, 0.15) is 30.1 Å². The number of esters is 1. The lowest BCUT2D eigenvalue weighted by atomic mass is 9.78. The number of hydrogen-bond acceptors (Lipinski definition) is 14. The summed E-state index contributed by atoms with van der Waals surface area (Å²) in [5, 5.41) is 30.2. The summed E-state index contributed by atoms with van der Waals surface area (Å²) in [5.41, 5.74) is 10.2. The molecule has 1 unspecified atom stereocenters. The largest absolute Gasteiger partial charge is 0.460 e. The number of nitrogens with zero attached hydrogens (tertiary/aromatic N) is 4. The molecule has 3 N–H and O–H groups in total. The van der Waals surface area contributed by atoms with Crippen LogP contribution in [-0.2, 0) is 47.7 Å². The van der Waals surface area contributed by atoms with Gasteiger partial charge in [-0.05, 0) is 113 Å². The topological polar surface area (TPSA) is 253 Å². The molecular weight excluding hydrogens is 903 g/mol. The highest BCUT2D eigenvalue weighted by atomic mass is 16.6. The molecule has 2 bridgehead atoms. The molecule has 18 heteroatoms. The Morgan fingerprint density at radius 1 is 0.957 bits per heavy atom. The molecule has 1 saturated carbocycles. The molecule has 0 aromatic heterocycles. The van der Waals surface area contributed by atoms with Gasteiger partial charge >= 0.3 is 12.1 Å². The third kappa shape index (κ3) is 15.4. The van der Waals surface area contributed by atoms with E-state index in [1.807, 2.05) is 39.0 Å². The van der Waals surface area contributed by atoms with Crippen LogP contribution in [0.2, 0.25) is 0 Å². The van der Waals surface area contributed by atoms with E-state index in [1.54, 1.807) is 53.0 Å². The number of azide groups is 1. The molecule has 4 rings (SSSR count). The van der Waals surface area contributed by atoms with E-state index in [4.69, 9.17) is 29.2 Å². The van der Waals surface area contributed by atoms with Crippen molar-refractivity contribution in [3.8, 4) is 0 Å². The summed E-state index contributed by atoms with van der Waals surface area (Å²) in [7, 11) is 4.16. The summed E-state index contributed by atoms with van der Waals surface area (Å²) < 4.78 is 28.6. The molecule has 3 fully saturated rings. The Labute approximate surface area is 413 Å². The maximum atomic E-state index is 14.5. The monoisotopic (exact) mass is 982 g/mol. The summed E-state index contributed by atoms with van der Waals surface area (Å²) in [6.07, 6.45) is 10.2. The van der Waals surface area contributed by atoms with E-state index in [-0.39, 0.29) is 67.3 Å². The number of piperidine rings is 1. The number of carbonyl (C=O) groups is 6. The molecule has 15 atom stereocenters. The number of amides is 2. The normalized spacial score (nSPS) is 38.0. The van der Waals surface area contributed by atoms with Gasteiger partial charge in [-0.3, -0.25) is 19.2 Å². The zero-order valence-corrected chi connectivity index (χ0v) is 42.9. The second kappa shape index (κ2) is 27.2. The number of nitrogens with one attached hydrogen (secondary N) is 1. The van der Waals surface area contributed by atoms with Gasteiger partial charge in [0, 0.05) is 49.9 Å². The Hall–Kier alpha value is -4.71. The van der Waals surface area contributed by atoms with Gasteiger partial charge in [0.25, 0.3) is 11.7 Å². The Kier molecular flexibility index (Phi) is 22.5. The van der Waals surface area contributed by atoms with Crippen molar-refractivity contribution in [2.45, 2.75) is 180 Å². The second-order valence-electron chi connectivity index (χ2n) is 20.3. The Morgan fingerprint density at radius 2 is 1.69 bits per heavy atom. The average molecular weight is 982 g/mol. The van der Waals surface area contributed by atoms with E-state index in [2.05, 4.69) is 15.3 Å². The molecule has 0 spiro atoms. The number of carbonyl (C=O) groups excluding carboxylic acids is 6. The van der Waals surface area contributed by atoms with E-state index < -0.39 is 83.8 Å². The van der Waals surface area contributed by atoms with Crippen molar-refractivity contribution in [2.24, 2.45) is 40.6 Å². The number of aliphatic hydroxyl groups is 2. The molecule has 0 aromatic rings. The molecule has 3 aliphatic heterocycles. The van der Waals surface area contributed by atoms with Crippen molar-refractivity contribution in [1.29, 1.82) is 0 Å². The Morgan fingerprint density at radius 3 is 2.36 bits per heavy atom. The van der Waals surface area contributed by atoms with E-state index in [0.717, 1.165) is 4.90 Å². The first kappa shape index (κ1) is 57.9. The van der Waals surface area contributed by atoms with Gasteiger partial charge in [-0.1, -0.05) is 81.8 Å². The molecule has 0 radical (unpaired) electrons. The zero-order chi connectivity index (χ0) is 51.9. The van der Waals surface area contributed by atoms with Crippen LogP contribution in [0.1, 0.15) is 126 Å². The summed E-state index contributed by atoms with van der Waals surface area (Å²) in [6.45, 7) is 12.4. The number of allylic oxidation sites excluding steroid dienone is 6. The number of ketones is 3. The standard InChI is InChI=1S/C52H79N5O13/c1-30-16-12-11-13-17-31(2)40(54-51(64)68-10)28-38-21-19-36(7)52(65,70-38)48(61)49(62)57-23-15-14-18-41(57)50(63)69-43(33(4)26-37-20-22-39(55-56-53)44(27-37)66-8)29-42(58)32(3)25-35(6)46(60)47(67-9)45(59)34(5)24-30/h11-13,16-17,25,30,32-34,36-41,43-44,46-47,60,65H,14-15,18-24,26-29H2,1-10H3,(H,54,64)/b13-11+,16-12+,31-17+,35-25+/t30-,32-,33-,34-,36-,37+,38+,39+,40?,41+,43+,44-,46-,47+,52-/m1/s1. The number of fused-ring (bicyclic) bond motifs is 3. The highest BCUT2D eigenvalue weighted by Gasteiger charge is 2.53. The molecular formula is C52H79N5O13. The molecule has 1 aliphatic carbocycles. The molecule has 70 heavy (non-hydrogen) atoms. The van der Waals surface area contributed by atoms with Gasteiger partial charge in [-0.2, -0.15) is 0 Å². The number of methoxy groups -OCH3 is 3. The van der Waals surface area contributed by atoms with Crippen molar-refractivity contribution in [2.75, 3.05) is 27.9 Å². The lowest BCUT2D eigenvalue weighted by Gasteiger charge is -2.43. The van der Waals surface area contributed by atoms with Crippen LogP contribution >= 0.6 is 0 Å². The van der Waals surface area contributed by atoms with Gasteiger partial charge in [-0.15, -0.1) is 0 Å². The van der Waals surface area contributed by atoms with Crippen molar-refractivity contribution < 1.29 is 62.7 Å². The van der Waals surface area contributed by atoms with E-state index >= 15 is 0 Å². The molecule has 4 aliphatic rings.